The van der Waals surface area contributed by atoms with E-state index in [9.17, 15) is 14.8 Å². The van der Waals surface area contributed by atoms with Gasteiger partial charge in [0.1, 0.15) is 0 Å². The van der Waals surface area contributed by atoms with E-state index in [-0.39, 0.29) is 11.3 Å². The molecule has 17 heavy (non-hydrogen) atoms. The predicted molar refractivity (Wildman–Crippen MR) is 60.8 cm³/mol. The van der Waals surface area contributed by atoms with E-state index in [0.717, 1.165) is 4.73 Å². The molecule has 0 spiro atoms. The molecule has 88 valence electrons. The van der Waals surface area contributed by atoms with Crippen molar-refractivity contribution < 1.29 is 19.9 Å². The van der Waals surface area contributed by atoms with Crippen molar-refractivity contribution in [1.29, 1.82) is 0 Å². The van der Waals surface area contributed by atoms with Gasteiger partial charge >= 0.3 is 5.97 Å². The normalized spacial score (nSPS) is 10.7. The number of aromatic nitrogens is 1. The monoisotopic (exact) mass is 233 g/mol. The molecule has 0 aliphatic heterocycles. The zero-order valence-corrected chi connectivity index (χ0v) is 9.39. The largest absolute Gasteiger partial charge is 0.478 e. The third-order valence-electron chi connectivity index (χ3n) is 2.77. The molecule has 0 atom stereocenters. The van der Waals surface area contributed by atoms with Gasteiger partial charge in [0.05, 0.1) is 16.8 Å². The number of rotatable bonds is 2. The molecule has 0 aliphatic rings. The third kappa shape index (κ3) is 1.56. The SMILES string of the molecule is CC(=O)c1c(C)n(O)c2cc(C(=O)O)ccc12. The van der Waals surface area contributed by atoms with Gasteiger partial charge in [0.2, 0.25) is 0 Å². The fraction of sp³-hybridized carbons (Fsp3) is 0.167. The van der Waals surface area contributed by atoms with Gasteiger partial charge in [-0.3, -0.25) is 4.79 Å². The quantitative estimate of drug-likeness (QED) is 0.614. The number of nitrogens with zero attached hydrogens (tertiary/aromatic N) is 1. The average molecular weight is 233 g/mol. The van der Waals surface area contributed by atoms with Crippen LogP contribution in [0, 0.1) is 6.92 Å². The van der Waals surface area contributed by atoms with Crippen LogP contribution in [0.25, 0.3) is 10.9 Å². The molecule has 0 bridgehead atoms. The van der Waals surface area contributed by atoms with Gasteiger partial charge in [-0.1, -0.05) is 6.07 Å². The number of carbonyl (C=O) groups is 2. The summed E-state index contributed by atoms with van der Waals surface area (Å²) in [5.74, 6) is -1.24. The van der Waals surface area contributed by atoms with E-state index in [0.29, 0.717) is 22.2 Å². The number of aromatic carboxylic acids is 1. The molecule has 5 heteroatoms. The van der Waals surface area contributed by atoms with Crippen LogP contribution < -0.4 is 0 Å². The molecule has 0 aliphatic carbocycles. The van der Waals surface area contributed by atoms with Gasteiger partial charge in [-0.25, -0.2) is 4.79 Å². The Hall–Kier alpha value is -2.30. The van der Waals surface area contributed by atoms with E-state index < -0.39 is 5.97 Å². The molecule has 0 radical (unpaired) electrons. The minimum atomic E-state index is -1.07. The summed E-state index contributed by atoms with van der Waals surface area (Å²) in [5.41, 5.74) is 1.22. The number of hydrogen-bond acceptors (Lipinski definition) is 3. The molecule has 2 aromatic rings. The number of carbonyl (C=O) groups excluding carboxylic acids is 1. The maximum absolute atomic E-state index is 11.5. The van der Waals surface area contributed by atoms with Gasteiger partial charge in [0.25, 0.3) is 0 Å². The Labute approximate surface area is 96.9 Å². The molecule has 0 fully saturated rings. The minimum Gasteiger partial charge on any atom is -0.478 e. The second-order valence-electron chi connectivity index (χ2n) is 3.87. The van der Waals surface area contributed by atoms with E-state index >= 15 is 0 Å². The third-order valence-corrected chi connectivity index (χ3v) is 2.77. The summed E-state index contributed by atoms with van der Waals surface area (Å²) >= 11 is 0. The van der Waals surface area contributed by atoms with Gasteiger partial charge in [-0.15, -0.1) is 0 Å². The Morgan fingerprint density at radius 3 is 2.47 bits per heavy atom. The first-order valence-electron chi connectivity index (χ1n) is 5.02. The number of Topliss-reactive ketones (excluding diaryl/α,β-unsaturated/α-hetero) is 1. The topological polar surface area (TPSA) is 79.5 Å². The number of fused-ring (bicyclic) bond motifs is 1. The second-order valence-corrected chi connectivity index (χ2v) is 3.87. The van der Waals surface area contributed by atoms with Crippen molar-refractivity contribution in [3.63, 3.8) is 0 Å². The van der Waals surface area contributed by atoms with E-state index in [1.165, 1.54) is 25.1 Å². The maximum atomic E-state index is 11.5. The highest BCUT2D eigenvalue weighted by Gasteiger charge is 2.18. The number of benzene rings is 1. The highest BCUT2D eigenvalue weighted by molar-refractivity contribution is 6.09. The first kappa shape index (κ1) is 11.2. The fourth-order valence-corrected chi connectivity index (χ4v) is 1.98. The van der Waals surface area contributed by atoms with Crippen LogP contribution in [0.4, 0.5) is 0 Å². The lowest BCUT2D eigenvalue weighted by Crippen LogP contribution is -1.98. The Morgan fingerprint density at radius 1 is 1.29 bits per heavy atom. The van der Waals surface area contributed by atoms with E-state index in [2.05, 4.69) is 0 Å². The highest BCUT2D eigenvalue weighted by Crippen LogP contribution is 2.26. The lowest BCUT2D eigenvalue weighted by molar-refractivity contribution is 0.0696. The minimum absolute atomic E-state index is 0.0698. The average Bonchev–Trinajstić information content (AvgIpc) is 2.51. The molecule has 2 rings (SSSR count). The maximum Gasteiger partial charge on any atom is 0.335 e. The van der Waals surface area contributed by atoms with E-state index in [1.54, 1.807) is 6.92 Å². The summed E-state index contributed by atoms with van der Waals surface area (Å²) in [6, 6.07) is 4.29. The zero-order chi connectivity index (χ0) is 12.7. The lowest BCUT2D eigenvalue weighted by atomic mass is 10.1. The molecule has 0 amide bonds. The van der Waals surface area contributed by atoms with Gasteiger partial charge in [0, 0.05) is 10.9 Å². The van der Waals surface area contributed by atoms with Crippen LogP contribution in [0.3, 0.4) is 0 Å². The second kappa shape index (κ2) is 3.62. The summed E-state index contributed by atoms with van der Waals surface area (Å²) in [7, 11) is 0. The van der Waals surface area contributed by atoms with E-state index in [4.69, 9.17) is 5.11 Å². The molecular formula is C12H11NO4. The van der Waals surface area contributed by atoms with Crippen molar-refractivity contribution in [2.24, 2.45) is 0 Å². The summed E-state index contributed by atoms with van der Waals surface area (Å²) in [6.07, 6.45) is 0. The fourth-order valence-electron chi connectivity index (χ4n) is 1.98. The Balaban J connectivity index is 2.85. The molecule has 0 unspecified atom stereocenters. The van der Waals surface area contributed by atoms with E-state index in [1.807, 2.05) is 0 Å². The Morgan fingerprint density at radius 2 is 1.94 bits per heavy atom. The van der Waals surface area contributed by atoms with Crippen LogP contribution in [-0.2, 0) is 0 Å². The van der Waals surface area contributed by atoms with Crippen LogP contribution >= 0.6 is 0 Å². The van der Waals surface area contributed by atoms with Crippen molar-refractivity contribution >= 4 is 22.7 Å². The van der Waals surface area contributed by atoms with Crippen LogP contribution in [0.1, 0.15) is 33.3 Å². The molecular weight excluding hydrogens is 222 g/mol. The Kier molecular flexibility index (Phi) is 2.38. The highest BCUT2D eigenvalue weighted by atomic mass is 16.5. The molecule has 0 saturated carbocycles. The molecule has 1 aromatic heterocycles. The van der Waals surface area contributed by atoms with Crippen molar-refractivity contribution in [3.8, 4) is 0 Å². The van der Waals surface area contributed by atoms with Gasteiger partial charge in [0.15, 0.2) is 5.78 Å². The molecule has 1 heterocycles. The molecule has 1 aromatic carbocycles. The lowest BCUT2D eigenvalue weighted by Gasteiger charge is -1.98. The number of carboxylic acid groups (broad SMARTS) is 1. The zero-order valence-electron chi connectivity index (χ0n) is 9.39. The summed E-state index contributed by atoms with van der Waals surface area (Å²) in [6.45, 7) is 3.02. The summed E-state index contributed by atoms with van der Waals surface area (Å²) < 4.78 is 0.846. The van der Waals surface area contributed by atoms with Crippen LogP contribution in [0.5, 0.6) is 0 Å². The van der Waals surface area contributed by atoms with Crippen LogP contribution in [-0.4, -0.2) is 26.8 Å². The summed E-state index contributed by atoms with van der Waals surface area (Å²) in [5, 5.41) is 19.2. The van der Waals surface area contributed by atoms with Gasteiger partial charge in [-0.2, -0.15) is 4.73 Å². The van der Waals surface area contributed by atoms with Gasteiger partial charge < -0.3 is 10.3 Å². The standard InChI is InChI=1S/C12H11NO4/c1-6-11(7(2)14)9-4-3-8(12(15)16)5-10(9)13(6)17/h3-5,17H,1-2H3,(H,15,16). The van der Waals surface area contributed by atoms with Crippen molar-refractivity contribution in [2.75, 3.05) is 0 Å². The van der Waals surface area contributed by atoms with Crippen molar-refractivity contribution in [2.45, 2.75) is 13.8 Å². The first-order chi connectivity index (χ1) is 7.93. The first-order valence-corrected chi connectivity index (χ1v) is 5.02. The predicted octanol–water partition coefficient (Wildman–Crippen LogP) is 2.09. The van der Waals surface area contributed by atoms with Gasteiger partial charge in [-0.05, 0) is 26.0 Å². The van der Waals surface area contributed by atoms with Crippen molar-refractivity contribution in [1.82, 2.24) is 4.73 Å². The van der Waals surface area contributed by atoms with Crippen LogP contribution in [0.2, 0.25) is 0 Å². The number of ketones is 1. The molecule has 0 saturated heterocycles. The number of hydrogen-bond donors (Lipinski definition) is 2. The molecule has 5 nitrogen and oxygen atoms in total. The smallest absolute Gasteiger partial charge is 0.335 e. The molecule has 2 N–H and O–H groups in total. The summed E-state index contributed by atoms with van der Waals surface area (Å²) in [4.78, 5) is 22.3. The van der Waals surface area contributed by atoms with Crippen molar-refractivity contribution in [3.05, 3.63) is 35.0 Å². The van der Waals surface area contributed by atoms with Crippen LogP contribution in [0.15, 0.2) is 18.2 Å². The Bertz CT molecular complexity index is 639. The number of carboxylic acids is 1.